The van der Waals surface area contributed by atoms with Crippen LogP contribution in [0.15, 0.2) is 57.5 Å². The van der Waals surface area contributed by atoms with E-state index in [4.69, 9.17) is 4.52 Å². The first kappa shape index (κ1) is 28.3. The van der Waals surface area contributed by atoms with Crippen LogP contribution in [0, 0.1) is 0 Å². The number of alkyl halides is 3. The first-order valence-electron chi connectivity index (χ1n) is 11.3. The van der Waals surface area contributed by atoms with E-state index in [0.717, 1.165) is 26.0 Å². The van der Waals surface area contributed by atoms with Crippen molar-refractivity contribution in [1.82, 2.24) is 5.16 Å². The molecule has 40 heavy (non-hydrogen) atoms. The summed E-state index contributed by atoms with van der Waals surface area (Å²) >= 11 is 3.16. The van der Waals surface area contributed by atoms with Crippen LogP contribution in [0.4, 0.5) is 30.2 Å². The fourth-order valence-electron chi connectivity index (χ4n) is 3.94. The molecule has 10 nitrogen and oxygen atoms in total. The van der Waals surface area contributed by atoms with Crippen molar-refractivity contribution in [1.29, 1.82) is 0 Å². The molecule has 0 saturated heterocycles. The van der Waals surface area contributed by atoms with Gasteiger partial charge in [-0.3, -0.25) is 14.4 Å². The molecule has 0 fully saturated rings. The molecule has 0 aliphatic rings. The topological polar surface area (TPSA) is 151 Å². The summed E-state index contributed by atoms with van der Waals surface area (Å²) in [7, 11) is 0. The van der Waals surface area contributed by atoms with Gasteiger partial charge in [-0.05, 0) is 48.0 Å². The number of rotatable bonds is 6. The summed E-state index contributed by atoms with van der Waals surface area (Å²) in [6.07, 6.45) is -4.84. The van der Waals surface area contributed by atoms with E-state index in [2.05, 4.69) is 37.0 Å². The Morgan fingerprint density at radius 1 is 0.875 bits per heavy atom. The number of nitrogens with one attached hydrogen (secondary N) is 3. The van der Waals surface area contributed by atoms with Crippen molar-refractivity contribution in [2.24, 2.45) is 0 Å². The maximum absolute atomic E-state index is 14.1. The van der Waals surface area contributed by atoms with Gasteiger partial charge in [0.15, 0.2) is 11.3 Å². The molecular formula is C26H18BrF3N4O6. The Kier molecular flexibility index (Phi) is 7.64. The summed E-state index contributed by atoms with van der Waals surface area (Å²) in [4.78, 5) is 48.0. The molecule has 0 radical (unpaired) electrons. The molecule has 206 valence electrons. The molecule has 3 aromatic carbocycles. The molecule has 0 aliphatic heterocycles. The Morgan fingerprint density at radius 2 is 1.57 bits per heavy atom. The highest BCUT2D eigenvalue weighted by molar-refractivity contribution is 9.10. The molecule has 14 heteroatoms. The van der Waals surface area contributed by atoms with Crippen LogP contribution < -0.4 is 16.0 Å². The van der Waals surface area contributed by atoms with Crippen molar-refractivity contribution in [3.8, 4) is 11.1 Å². The highest BCUT2D eigenvalue weighted by Crippen LogP contribution is 2.43. The third-order valence-corrected chi connectivity index (χ3v) is 6.02. The Hall–Kier alpha value is -4.72. The Balaban J connectivity index is 1.84. The molecule has 0 spiro atoms. The third-order valence-electron chi connectivity index (χ3n) is 5.53. The van der Waals surface area contributed by atoms with E-state index in [1.54, 1.807) is 0 Å². The van der Waals surface area contributed by atoms with E-state index in [-0.39, 0.29) is 50.4 Å². The van der Waals surface area contributed by atoms with Gasteiger partial charge in [-0.25, -0.2) is 4.79 Å². The van der Waals surface area contributed by atoms with Crippen molar-refractivity contribution < 1.29 is 42.0 Å². The normalized spacial score (nSPS) is 11.2. The standard InChI is InChI=1S/C26H18BrF3N4O6/c1-11(35)31-14-4-5-15(19(8-14)26(28,29)30)16-10-22-18(9-21(16)32-12(2)36)23(34-40-22)24(37)33-20-6-3-13(27)7-17(20)25(38)39/h3-10H,1-2H3,(H,31,35)(H,32,36)(H,33,37)(H,38,39). The number of carboxylic acids is 1. The maximum Gasteiger partial charge on any atom is 0.417 e. The van der Waals surface area contributed by atoms with E-state index in [9.17, 15) is 37.5 Å². The number of carbonyl (C=O) groups excluding carboxylic acids is 3. The SMILES string of the molecule is CC(=O)Nc1ccc(-c2cc3onc(C(=O)Nc4ccc(Br)cc4C(=O)O)c3cc2NC(C)=O)c(C(F)(F)F)c1. The van der Waals surface area contributed by atoms with Crippen molar-refractivity contribution in [2.45, 2.75) is 20.0 Å². The van der Waals surface area contributed by atoms with Crippen LogP contribution >= 0.6 is 15.9 Å². The fraction of sp³-hybridized carbons (Fsp3) is 0.115. The summed E-state index contributed by atoms with van der Waals surface area (Å²) in [5.41, 5.74) is -2.32. The van der Waals surface area contributed by atoms with Crippen molar-refractivity contribution in [2.75, 3.05) is 16.0 Å². The first-order valence-corrected chi connectivity index (χ1v) is 12.1. The van der Waals surface area contributed by atoms with E-state index in [1.165, 1.54) is 36.4 Å². The van der Waals surface area contributed by atoms with Crippen molar-refractivity contribution >= 4 is 67.7 Å². The molecule has 0 unspecified atom stereocenters. The Morgan fingerprint density at radius 3 is 2.20 bits per heavy atom. The summed E-state index contributed by atoms with van der Waals surface area (Å²) in [5, 5.41) is 20.4. The largest absolute Gasteiger partial charge is 0.478 e. The molecule has 0 aliphatic carbocycles. The molecule has 4 rings (SSSR count). The van der Waals surface area contributed by atoms with Crippen molar-refractivity contribution in [3.63, 3.8) is 0 Å². The average Bonchev–Trinajstić information content (AvgIpc) is 3.26. The van der Waals surface area contributed by atoms with E-state index in [0.29, 0.717) is 4.47 Å². The summed E-state index contributed by atoms with van der Waals surface area (Å²) in [6, 6.07) is 9.74. The lowest BCUT2D eigenvalue weighted by Gasteiger charge is -2.17. The van der Waals surface area contributed by atoms with Crippen LogP contribution in [-0.4, -0.2) is 34.0 Å². The minimum Gasteiger partial charge on any atom is -0.478 e. The molecule has 3 amide bonds. The van der Waals surface area contributed by atoms with E-state index < -0.39 is 35.4 Å². The van der Waals surface area contributed by atoms with Crippen LogP contribution in [0.5, 0.6) is 0 Å². The van der Waals surface area contributed by atoms with Crippen LogP contribution in [0.1, 0.15) is 40.3 Å². The number of nitrogens with zero attached hydrogens (tertiary/aromatic N) is 1. The quantitative estimate of drug-likeness (QED) is 0.202. The number of hydrogen-bond donors (Lipinski definition) is 4. The second-order valence-electron chi connectivity index (χ2n) is 8.49. The third kappa shape index (κ3) is 5.96. The van der Waals surface area contributed by atoms with E-state index >= 15 is 0 Å². The second-order valence-corrected chi connectivity index (χ2v) is 9.41. The Labute approximate surface area is 231 Å². The fourth-order valence-corrected chi connectivity index (χ4v) is 4.30. The van der Waals surface area contributed by atoms with Crippen LogP contribution in [0.25, 0.3) is 22.1 Å². The van der Waals surface area contributed by atoms with Gasteiger partial charge >= 0.3 is 12.1 Å². The van der Waals surface area contributed by atoms with Crippen LogP contribution in [0.2, 0.25) is 0 Å². The number of carboxylic acid groups (broad SMARTS) is 1. The molecule has 0 atom stereocenters. The Bertz CT molecular complexity index is 1700. The summed E-state index contributed by atoms with van der Waals surface area (Å²) in [5.74, 6) is -3.33. The maximum atomic E-state index is 14.1. The molecule has 0 bridgehead atoms. The molecule has 0 saturated carbocycles. The predicted molar refractivity (Wildman–Crippen MR) is 142 cm³/mol. The van der Waals surface area contributed by atoms with Gasteiger partial charge in [0.05, 0.1) is 22.2 Å². The van der Waals surface area contributed by atoms with E-state index in [1.807, 2.05) is 0 Å². The molecule has 4 N–H and O–H groups in total. The number of hydrogen-bond acceptors (Lipinski definition) is 6. The second kappa shape index (κ2) is 10.8. The minimum absolute atomic E-state index is 0.0374. The molecular weight excluding hydrogens is 601 g/mol. The highest BCUT2D eigenvalue weighted by Gasteiger charge is 2.35. The molecule has 1 heterocycles. The van der Waals surface area contributed by atoms with Crippen LogP contribution in [0.3, 0.4) is 0 Å². The number of amides is 3. The predicted octanol–water partition coefficient (Wildman–Crippen LogP) is 6.14. The number of aromatic carboxylic acids is 1. The zero-order valence-electron chi connectivity index (χ0n) is 20.6. The number of fused-ring (bicyclic) bond motifs is 1. The van der Waals surface area contributed by atoms with Gasteiger partial charge in [0.1, 0.15) is 0 Å². The van der Waals surface area contributed by atoms with Crippen molar-refractivity contribution in [3.05, 3.63) is 69.8 Å². The van der Waals surface area contributed by atoms with Gasteiger partial charge in [0, 0.05) is 35.3 Å². The number of benzene rings is 3. The lowest BCUT2D eigenvalue weighted by molar-refractivity contribution is -0.137. The van der Waals surface area contributed by atoms with Gasteiger partial charge in [0.25, 0.3) is 5.91 Å². The summed E-state index contributed by atoms with van der Waals surface area (Å²) in [6.45, 7) is 2.31. The smallest absolute Gasteiger partial charge is 0.417 e. The molecule has 4 aromatic rings. The van der Waals surface area contributed by atoms with Crippen LogP contribution in [-0.2, 0) is 15.8 Å². The highest BCUT2D eigenvalue weighted by atomic mass is 79.9. The summed E-state index contributed by atoms with van der Waals surface area (Å²) < 4.78 is 47.9. The lowest BCUT2D eigenvalue weighted by atomic mass is 9.95. The van der Waals surface area contributed by atoms with Gasteiger partial charge in [-0.15, -0.1) is 0 Å². The monoisotopic (exact) mass is 618 g/mol. The van der Waals surface area contributed by atoms with Gasteiger partial charge in [-0.2, -0.15) is 13.2 Å². The van der Waals surface area contributed by atoms with Gasteiger partial charge in [0.2, 0.25) is 11.8 Å². The zero-order chi connectivity index (χ0) is 29.4. The van der Waals surface area contributed by atoms with Gasteiger partial charge in [-0.1, -0.05) is 27.2 Å². The average molecular weight is 619 g/mol. The number of aromatic nitrogens is 1. The number of carbonyl (C=O) groups is 4. The first-order chi connectivity index (χ1) is 18.7. The lowest BCUT2D eigenvalue weighted by Crippen LogP contribution is -2.15. The zero-order valence-corrected chi connectivity index (χ0v) is 22.2. The molecule has 1 aromatic heterocycles. The van der Waals surface area contributed by atoms with Gasteiger partial charge < -0.3 is 25.6 Å². The number of anilines is 3. The minimum atomic E-state index is -4.84. The number of halogens is 4.